The van der Waals surface area contributed by atoms with Crippen LogP contribution >= 0.6 is 23.8 Å². The first-order valence-corrected chi connectivity index (χ1v) is 12.7. The zero-order valence-corrected chi connectivity index (χ0v) is 22.8. The van der Waals surface area contributed by atoms with Crippen molar-refractivity contribution < 1.29 is 17.9 Å². The second-order valence-electron chi connectivity index (χ2n) is 8.97. The summed E-state index contributed by atoms with van der Waals surface area (Å²) >= 11 is 11.6. The number of anilines is 2. The van der Waals surface area contributed by atoms with Gasteiger partial charge in [-0.1, -0.05) is 29.8 Å². The van der Waals surface area contributed by atoms with E-state index in [-0.39, 0.29) is 10.8 Å². The number of thiocarbonyl (C=S) groups is 1. The number of pyridine rings is 1. The van der Waals surface area contributed by atoms with E-state index in [1.165, 1.54) is 6.07 Å². The number of hydrogen-bond acceptors (Lipinski definition) is 4. The second kappa shape index (κ2) is 12.4. The van der Waals surface area contributed by atoms with Crippen LogP contribution in [0.5, 0.6) is 11.5 Å². The van der Waals surface area contributed by atoms with Gasteiger partial charge in [-0.05, 0) is 84.5 Å². The van der Waals surface area contributed by atoms with Gasteiger partial charge in [-0.15, -0.1) is 0 Å². The predicted octanol–water partition coefficient (Wildman–Crippen LogP) is 8.01. The molecule has 3 aromatic carbocycles. The van der Waals surface area contributed by atoms with E-state index in [9.17, 15) is 13.2 Å². The molecule has 0 saturated heterocycles. The second-order valence-corrected chi connectivity index (χ2v) is 9.79. The molecule has 0 aliphatic carbocycles. The Morgan fingerprint density at radius 1 is 0.923 bits per heavy atom. The van der Waals surface area contributed by atoms with Crippen molar-refractivity contribution in [3.05, 3.63) is 113 Å². The van der Waals surface area contributed by atoms with Crippen molar-refractivity contribution in [1.82, 2.24) is 9.88 Å². The number of nitrogens with one attached hydrogen (secondary N) is 1. The molecule has 1 N–H and O–H groups in total. The molecule has 1 heterocycles. The smallest absolute Gasteiger partial charge is 0.416 e. The lowest BCUT2D eigenvalue weighted by molar-refractivity contribution is -0.137. The molecule has 4 aromatic rings. The van der Waals surface area contributed by atoms with Crippen LogP contribution in [-0.4, -0.2) is 29.1 Å². The highest BCUT2D eigenvalue weighted by Crippen LogP contribution is 2.35. The van der Waals surface area contributed by atoms with Crippen LogP contribution in [0.25, 0.3) is 0 Å². The zero-order valence-electron chi connectivity index (χ0n) is 21.2. The van der Waals surface area contributed by atoms with Crippen LogP contribution in [0, 0.1) is 0 Å². The standard InChI is InChI=1S/C29H26ClF3N4OS/c1-36(2)25-10-6-20(7-11-25)18-37(19-24-5-3-4-14-34-24)28(39)35-23-8-12-26(13-9-23)38-27-16-21(29(31,32)33)15-22(30)17-27/h3-17H,18-19H2,1-2H3,(H,35,39). The quantitative estimate of drug-likeness (QED) is 0.216. The third-order valence-corrected chi connectivity index (χ3v) is 6.31. The summed E-state index contributed by atoms with van der Waals surface area (Å²) in [6, 6.07) is 23.8. The Kier molecular flexibility index (Phi) is 8.93. The number of aromatic nitrogens is 1. The lowest BCUT2D eigenvalue weighted by Crippen LogP contribution is -2.34. The van der Waals surface area contributed by atoms with Crippen molar-refractivity contribution >= 4 is 40.3 Å². The summed E-state index contributed by atoms with van der Waals surface area (Å²) in [6.45, 7) is 1.06. The monoisotopic (exact) mass is 570 g/mol. The van der Waals surface area contributed by atoms with E-state index >= 15 is 0 Å². The molecule has 202 valence electrons. The summed E-state index contributed by atoms with van der Waals surface area (Å²) in [7, 11) is 3.99. The SMILES string of the molecule is CN(C)c1ccc(CN(Cc2ccccn2)C(=S)Nc2ccc(Oc3cc(Cl)cc(C(F)(F)F)c3)cc2)cc1. The van der Waals surface area contributed by atoms with Gasteiger partial charge in [-0.3, -0.25) is 4.98 Å². The van der Waals surface area contributed by atoms with Crippen LogP contribution in [0.2, 0.25) is 5.02 Å². The van der Waals surface area contributed by atoms with E-state index in [4.69, 9.17) is 28.6 Å². The van der Waals surface area contributed by atoms with Gasteiger partial charge >= 0.3 is 6.18 Å². The van der Waals surface area contributed by atoms with Crippen LogP contribution in [0.15, 0.2) is 91.1 Å². The van der Waals surface area contributed by atoms with Crippen LogP contribution in [0.1, 0.15) is 16.8 Å². The fourth-order valence-corrected chi connectivity index (χ4v) is 4.21. The lowest BCUT2D eigenvalue weighted by atomic mass is 10.2. The number of halogens is 4. The first-order valence-electron chi connectivity index (χ1n) is 11.9. The number of rotatable bonds is 8. The maximum absolute atomic E-state index is 13.1. The van der Waals surface area contributed by atoms with Gasteiger partial charge in [0.25, 0.3) is 0 Å². The van der Waals surface area contributed by atoms with Gasteiger partial charge in [-0.25, -0.2) is 0 Å². The fraction of sp³-hybridized carbons (Fsp3) is 0.172. The first-order chi connectivity index (χ1) is 18.6. The van der Waals surface area contributed by atoms with Gasteiger partial charge in [0.15, 0.2) is 5.11 Å². The van der Waals surface area contributed by atoms with Gasteiger partial charge in [0.1, 0.15) is 11.5 Å². The Balaban J connectivity index is 1.46. The Morgan fingerprint density at radius 3 is 2.26 bits per heavy atom. The van der Waals surface area contributed by atoms with Crippen molar-refractivity contribution in [1.29, 1.82) is 0 Å². The molecule has 5 nitrogen and oxygen atoms in total. The summed E-state index contributed by atoms with van der Waals surface area (Å²) in [5.74, 6) is 0.348. The molecule has 4 rings (SSSR count). The van der Waals surface area contributed by atoms with E-state index in [1.807, 2.05) is 42.1 Å². The predicted molar refractivity (Wildman–Crippen MR) is 153 cm³/mol. The van der Waals surface area contributed by atoms with Gasteiger partial charge < -0.3 is 19.9 Å². The highest BCUT2D eigenvalue weighted by Gasteiger charge is 2.31. The number of hydrogen-bond donors (Lipinski definition) is 1. The molecule has 0 radical (unpaired) electrons. The Bertz CT molecular complexity index is 1400. The van der Waals surface area contributed by atoms with Crippen molar-refractivity contribution in [2.24, 2.45) is 0 Å². The molecule has 0 aliphatic rings. The zero-order chi connectivity index (χ0) is 28.0. The van der Waals surface area contributed by atoms with Crippen molar-refractivity contribution in [2.75, 3.05) is 24.3 Å². The summed E-state index contributed by atoms with van der Waals surface area (Å²) in [5.41, 5.74) is 2.88. The number of ether oxygens (including phenoxy) is 1. The minimum absolute atomic E-state index is 0.00660. The molecular formula is C29H26ClF3N4OS. The number of benzene rings is 3. The normalized spacial score (nSPS) is 11.1. The summed E-state index contributed by atoms with van der Waals surface area (Å²) < 4.78 is 44.9. The minimum Gasteiger partial charge on any atom is -0.457 e. The van der Waals surface area contributed by atoms with Crippen LogP contribution in [-0.2, 0) is 19.3 Å². The van der Waals surface area contributed by atoms with Crippen molar-refractivity contribution in [2.45, 2.75) is 19.3 Å². The maximum atomic E-state index is 13.1. The molecule has 0 bridgehead atoms. The Labute approximate surface area is 235 Å². The highest BCUT2D eigenvalue weighted by molar-refractivity contribution is 7.80. The molecule has 0 unspecified atom stereocenters. The number of alkyl halides is 3. The molecule has 1 aromatic heterocycles. The van der Waals surface area contributed by atoms with Crippen LogP contribution in [0.3, 0.4) is 0 Å². The van der Waals surface area contributed by atoms with E-state index in [0.29, 0.717) is 29.6 Å². The molecule has 0 saturated carbocycles. The van der Waals surface area contributed by atoms with Gasteiger partial charge in [0.05, 0.1) is 17.8 Å². The summed E-state index contributed by atoms with van der Waals surface area (Å²) in [5, 5.41) is 3.67. The molecule has 39 heavy (non-hydrogen) atoms. The average Bonchev–Trinajstić information content (AvgIpc) is 2.89. The molecule has 10 heteroatoms. The third kappa shape index (κ3) is 8.08. The van der Waals surface area contributed by atoms with E-state index < -0.39 is 11.7 Å². The van der Waals surface area contributed by atoms with Gasteiger partial charge in [0, 0.05) is 43.2 Å². The van der Waals surface area contributed by atoms with Crippen LogP contribution in [0.4, 0.5) is 24.5 Å². The highest BCUT2D eigenvalue weighted by atomic mass is 35.5. The van der Waals surface area contributed by atoms with E-state index in [1.54, 1.807) is 30.5 Å². The molecule has 0 spiro atoms. The first kappa shape index (κ1) is 28.2. The maximum Gasteiger partial charge on any atom is 0.416 e. The minimum atomic E-state index is -4.53. The topological polar surface area (TPSA) is 40.6 Å². The molecule has 0 atom stereocenters. The Hall–Kier alpha value is -3.82. The molecule has 0 fully saturated rings. The van der Waals surface area contributed by atoms with Crippen LogP contribution < -0.4 is 15.0 Å². The fourth-order valence-electron chi connectivity index (χ4n) is 3.74. The average molecular weight is 571 g/mol. The lowest BCUT2D eigenvalue weighted by Gasteiger charge is -2.26. The third-order valence-electron chi connectivity index (χ3n) is 5.73. The molecule has 0 amide bonds. The molecular weight excluding hydrogens is 545 g/mol. The van der Waals surface area contributed by atoms with E-state index in [0.717, 1.165) is 29.1 Å². The summed E-state index contributed by atoms with van der Waals surface area (Å²) in [6.07, 6.45) is -2.78. The van der Waals surface area contributed by atoms with E-state index in [2.05, 4.69) is 34.6 Å². The largest absolute Gasteiger partial charge is 0.457 e. The number of nitrogens with zero attached hydrogens (tertiary/aromatic N) is 3. The van der Waals surface area contributed by atoms with Gasteiger partial charge in [0.2, 0.25) is 0 Å². The Morgan fingerprint density at radius 2 is 1.64 bits per heavy atom. The van der Waals surface area contributed by atoms with Gasteiger partial charge in [-0.2, -0.15) is 13.2 Å². The van der Waals surface area contributed by atoms with Crippen molar-refractivity contribution in [3.8, 4) is 11.5 Å². The molecule has 0 aliphatic heterocycles. The van der Waals surface area contributed by atoms with Crippen molar-refractivity contribution in [3.63, 3.8) is 0 Å². The summed E-state index contributed by atoms with van der Waals surface area (Å²) in [4.78, 5) is 8.48.